The van der Waals surface area contributed by atoms with Crippen molar-refractivity contribution in [1.29, 1.82) is 0 Å². The Morgan fingerprint density at radius 3 is 2.66 bits per heavy atom. The van der Waals surface area contributed by atoms with Crippen LogP contribution in [0.2, 0.25) is 0 Å². The highest BCUT2D eigenvalue weighted by Crippen LogP contribution is 2.35. The Morgan fingerprint density at radius 1 is 1.22 bits per heavy atom. The number of benzene rings is 1. The number of hydrogen-bond acceptors (Lipinski definition) is 6. The highest BCUT2D eigenvalue weighted by molar-refractivity contribution is 5.83. The monoisotopic (exact) mass is 438 g/mol. The molecule has 2 aliphatic rings. The molecule has 0 radical (unpaired) electrons. The quantitative estimate of drug-likeness (QED) is 0.690. The van der Waals surface area contributed by atoms with Gasteiger partial charge >= 0.3 is 0 Å². The van der Waals surface area contributed by atoms with Crippen LogP contribution in [0.3, 0.4) is 0 Å². The van der Waals surface area contributed by atoms with Gasteiger partial charge in [0.05, 0.1) is 5.69 Å². The average molecular weight is 439 g/mol. The molecule has 170 valence electrons. The van der Waals surface area contributed by atoms with Gasteiger partial charge in [-0.3, -0.25) is 9.80 Å². The number of nitrogens with zero attached hydrogens (tertiary/aromatic N) is 6. The molecule has 0 bridgehead atoms. The van der Waals surface area contributed by atoms with Crippen LogP contribution in [0.25, 0.3) is 11.1 Å². The van der Waals surface area contributed by atoms with Gasteiger partial charge in [0.1, 0.15) is 5.82 Å². The van der Waals surface area contributed by atoms with Crippen LogP contribution in [0, 0.1) is 5.82 Å². The summed E-state index contributed by atoms with van der Waals surface area (Å²) < 4.78 is 13.9. The summed E-state index contributed by atoms with van der Waals surface area (Å²) in [6.45, 7) is 5.02. The maximum absolute atomic E-state index is 13.9. The van der Waals surface area contributed by atoms with Crippen molar-refractivity contribution in [3.63, 3.8) is 0 Å². The molecule has 0 atom stereocenters. The normalized spacial score (nSPS) is 16.9. The van der Waals surface area contributed by atoms with Crippen molar-refractivity contribution in [1.82, 2.24) is 19.9 Å². The molecule has 8 heteroatoms. The molecular formula is C24H31FN6O. The van der Waals surface area contributed by atoms with Crippen molar-refractivity contribution in [3.05, 3.63) is 42.0 Å². The van der Waals surface area contributed by atoms with E-state index in [2.05, 4.69) is 10.1 Å². The highest BCUT2D eigenvalue weighted by Gasteiger charge is 2.27. The molecule has 1 saturated heterocycles. The lowest BCUT2D eigenvalue weighted by Gasteiger charge is -2.33. The van der Waals surface area contributed by atoms with Gasteiger partial charge in [-0.1, -0.05) is 12.1 Å². The Labute approximate surface area is 188 Å². The summed E-state index contributed by atoms with van der Waals surface area (Å²) in [5, 5.41) is 6.45. The van der Waals surface area contributed by atoms with Crippen LogP contribution in [-0.2, 0) is 4.79 Å². The van der Waals surface area contributed by atoms with Crippen LogP contribution >= 0.6 is 0 Å². The number of hydrazone groups is 1. The second-order valence-corrected chi connectivity index (χ2v) is 8.82. The second kappa shape index (κ2) is 9.63. The van der Waals surface area contributed by atoms with Gasteiger partial charge in [-0.15, -0.1) is 0 Å². The molecule has 3 heterocycles. The third kappa shape index (κ3) is 5.06. The lowest BCUT2D eigenvalue weighted by molar-refractivity contribution is -0.132. The minimum absolute atomic E-state index is 0.185. The highest BCUT2D eigenvalue weighted by atomic mass is 19.1. The number of anilines is 1. The van der Waals surface area contributed by atoms with Crippen molar-refractivity contribution >= 4 is 17.6 Å². The summed E-state index contributed by atoms with van der Waals surface area (Å²) in [5.74, 6) is 0.748. The first-order valence-electron chi connectivity index (χ1n) is 11.3. The van der Waals surface area contributed by atoms with Gasteiger partial charge in [0.15, 0.2) is 0 Å². The fourth-order valence-corrected chi connectivity index (χ4v) is 4.37. The van der Waals surface area contributed by atoms with Crippen LogP contribution in [0.1, 0.15) is 44.2 Å². The molecule has 1 fully saturated rings. The van der Waals surface area contributed by atoms with Gasteiger partial charge in [-0.05, 0) is 37.5 Å². The van der Waals surface area contributed by atoms with E-state index < -0.39 is 0 Å². The number of rotatable bonds is 6. The van der Waals surface area contributed by atoms with Crippen LogP contribution in [0.5, 0.6) is 0 Å². The molecule has 0 saturated carbocycles. The number of carbonyl (C=O) groups is 1. The second-order valence-electron chi connectivity index (χ2n) is 8.82. The maximum atomic E-state index is 13.9. The van der Waals surface area contributed by atoms with E-state index >= 15 is 0 Å². The predicted octanol–water partition coefficient (Wildman–Crippen LogP) is 3.53. The summed E-state index contributed by atoms with van der Waals surface area (Å²) in [5.41, 5.74) is 3.71. The lowest BCUT2D eigenvalue weighted by Crippen LogP contribution is -2.39. The summed E-state index contributed by atoms with van der Waals surface area (Å²) in [6, 6.07) is 6.57. The Bertz CT molecular complexity index is 1000. The predicted molar refractivity (Wildman–Crippen MR) is 124 cm³/mol. The fraction of sp³-hybridized carbons (Fsp3) is 0.500. The molecule has 1 aromatic heterocycles. The van der Waals surface area contributed by atoms with Crippen LogP contribution in [0.4, 0.5) is 10.3 Å². The van der Waals surface area contributed by atoms with E-state index in [9.17, 15) is 9.18 Å². The first-order chi connectivity index (χ1) is 15.4. The first kappa shape index (κ1) is 22.2. The SMILES string of the molecule is CC1=NN(CCC(=O)N2CCC(c3nc(N(C)C)ncc3-c3cccc(F)c3)CC2)CC1. The molecule has 1 aromatic carbocycles. The summed E-state index contributed by atoms with van der Waals surface area (Å²) in [4.78, 5) is 25.9. The van der Waals surface area contributed by atoms with E-state index in [-0.39, 0.29) is 17.6 Å². The van der Waals surface area contributed by atoms with Gasteiger partial charge in [-0.2, -0.15) is 5.10 Å². The number of likely N-dealkylation sites (tertiary alicyclic amines) is 1. The van der Waals surface area contributed by atoms with E-state index in [1.54, 1.807) is 12.3 Å². The number of hydrogen-bond donors (Lipinski definition) is 0. The third-order valence-electron chi connectivity index (χ3n) is 6.20. The number of halogens is 1. The standard InChI is InChI=1S/C24H31FN6O/c1-17-7-13-31(28-17)14-10-22(32)30-11-8-18(9-12-30)23-21(16-26-24(27-23)29(2)3)19-5-4-6-20(25)15-19/h4-6,15-16,18H,7-14H2,1-3H3. The summed E-state index contributed by atoms with van der Waals surface area (Å²) in [6.07, 6.45) is 4.94. The molecule has 2 aliphatic heterocycles. The van der Waals surface area contributed by atoms with Gasteiger partial charge in [0, 0.05) is 76.5 Å². The van der Waals surface area contributed by atoms with Crippen molar-refractivity contribution in [2.24, 2.45) is 5.10 Å². The average Bonchev–Trinajstić information content (AvgIpc) is 3.22. The van der Waals surface area contributed by atoms with Gasteiger partial charge in [0.2, 0.25) is 11.9 Å². The van der Waals surface area contributed by atoms with Crippen molar-refractivity contribution in [3.8, 4) is 11.1 Å². The number of piperidine rings is 1. The van der Waals surface area contributed by atoms with Crippen molar-refractivity contribution < 1.29 is 9.18 Å². The minimum atomic E-state index is -0.275. The molecule has 1 amide bonds. The zero-order valence-electron chi connectivity index (χ0n) is 19.1. The molecular weight excluding hydrogens is 407 g/mol. The van der Waals surface area contributed by atoms with Gasteiger partial charge in [-0.25, -0.2) is 14.4 Å². The maximum Gasteiger partial charge on any atom is 0.225 e. The van der Waals surface area contributed by atoms with Crippen LogP contribution in [0.15, 0.2) is 35.6 Å². The zero-order valence-corrected chi connectivity index (χ0v) is 19.1. The Balaban J connectivity index is 1.45. The topological polar surface area (TPSA) is 64.9 Å². The summed E-state index contributed by atoms with van der Waals surface area (Å²) >= 11 is 0. The van der Waals surface area contributed by atoms with Crippen molar-refractivity contribution in [2.45, 2.75) is 38.5 Å². The van der Waals surface area contributed by atoms with Crippen LogP contribution in [-0.4, -0.2) is 71.8 Å². The van der Waals surface area contributed by atoms with Gasteiger partial charge < -0.3 is 9.80 Å². The third-order valence-corrected chi connectivity index (χ3v) is 6.20. The molecule has 0 N–H and O–H groups in total. The summed E-state index contributed by atoms with van der Waals surface area (Å²) in [7, 11) is 3.82. The molecule has 2 aromatic rings. The van der Waals surface area contributed by atoms with E-state index in [1.165, 1.54) is 12.1 Å². The zero-order chi connectivity index (χ0) is 22.7. The Hall–Kier alpha value is -3.03. The molecule has 0 unspecified atom stereocenters. The van der Waals surface area contributed by atoms with E-state index in [1.807, 2.05) is 41.9 Å². The molecule has 0 aliphatic carbocycles. The Morgan fingerprint density at radius 2 is 2.00 bits per heavy atom. The fourth-order valence-electron chi connectivity index (χ4n) is 4.37. The minimum Gasteiger partial charge on any atom is -0.347 e. The first-order valence-corrected chi connectivity index (χ1v) is 11.3. The smallest absolute Gasteiger partial charge is 0.225 e. The number of aromatic nitrogens is 2. The van der Waals surface area contributed by atoms with Gasteiger partial charge in [0.25, 0.3) is 0 Å². The van der Waals surface area contributed by atoms with E-state index in [0.29, 0.717) is 32.0 Å². The Kier molecular flexibility index (Phi) is 6.67. The van der Waals surface area contributed by atoms with E-state index in [4.69, 9.17) is 4.98 Å². The molecule has 7 nitrogen and oxygen atoms in total. The van der Waals surface area contributed by atoms with Crippen LogP contribution < -0.4 is 4.90 Å². The largest absolute Gasteiger partial charge is 0.347 e. The van der Waals surface area contributed by atoms with E-state index in [0.717, 1.165) is 48.3 Å². The molecule has 4 rings (SSSR count). The lowest BCUT2D eigenvalue weighted by atomic mass is 9.88. The molecule has 0 spiro atoms. The number of carbonyl (C=O) groups excluding carboxylic acids is 1. The molecule has 32 heavy (non-hydrogen) atoms. The van der Waals surface area contributed by atoms with Crippen molar-refractivity contribution in [2.75, 3.05) is 45.2 Å². The number of amides is 1.